The molecule has 5 rings (SSSR count). The lowest BCUT2D eigenvalue weighted by Crippen LogP contribution is -2.35. The first-order valence-electron chi connectivity index (χ1n) is 10.7. The van der Waals surface area contributed by atoms with E-state index in [4.69, 9.17) is 0 Å². The monoisotopic (exact) mass is 424 g/mol. The number of carbonyl (C=O) groups excluding carboxylic acids is 1. The summed E-state index contributed by atoms with van der Waals surface area (Å²) < 4.78 is 15.4. The van der Waals surface area contributed by atoms with Crippen LogP contribution < -0.4 is 0 Å². The topological polar surface area (TPSA) is 51.0 Å². The van der Waals surface area contributed by atoms with E-state index in [1.165, 1.54) is 22.6 Å². The van der Waals surface area contributed by atoms with E-state index in [0.29, 0.717) is 17.9 Å². The van der Waals surface area contributed by atoms with Crippen molar-refractivity contribution in [2.45, 2.75) is 44.6 Å². The number of hydrogen-bond donors (Lipinski definition) is 0. The van der Waals surface area contributed by atoms with Crippen molar-refractivity contribution in [2.75, 3.05) is 19.6 Å². The van der Waals surface area contributed by atoms with Gasteiger partial charge >= 0.3 is 0 Å². The van der Waals surface area contributed by atoms with Gasteiger partial charge in [0.15, 0.2) is 11.6 Å². The van der Waals surface area contributed by atoms with Crippen LogP contribution in [0.25, 0.3) is 11.4 Å². The molecule has 0 amide bonds. The number of ketones is 1. The van der Waals surface area contributed by atoms with Crippen molar-refractivity contribution in [2.24, 2.45) is 0 Å². The highest BCUT2D eigenvalue weighted by molar-refractivity contribution is 7.10. The molecule has 1 saturated heterocycles. The van der Waals surface area contributed by atoms with Gasteiger partial charge in [-0.3, -0.25) is 4.79 Å². The summed E-state index contributed by atoms with van der Waals surface area (Å²) in [7, 11) is 0. The summed E-state index contributed by atoms with van der Waals surface area (Å²) in [5, 5.41) is 11.3. The van der Waals surface area contributed by atoms with Crippen LogP contribution in [-0.4, -0.2) is 45.1 Å². The maximum atomic E-state index is 13.0. The lowest BCUT2D eigenvalue weighted by atomic mass is 9.95. The molecule has 4 heterocycles. The molecule has 2 aliphatic heterocycles. The molecule has 0 saturated carbocycles. The molecule has 30 heavy (non-hydrogen) atoms. The van der Waals surface area contributed by atoms with Crippen LogP contribution in [-0.2, 0) is 13.0 Å². The van der Waals surface area contributed by atoms with Gasteiger partial charge in [0.25, 0.3) is 0 Å². The number of aromatic nitrogens is 3. The largest absolute Gasteiger partial charge is 0.311 e. The molecule has 0 spiro atoms. The van der Waals surface area contributed by atoms with Crippen molar-refractivity contribution < 1.29 is 9.18 Å². The quantitative estimate of drug-likeness (QED) is 0.564. The van der Waals surface area contributed by atoms with Crippen LogP contribution in [0.2, 0.25) is 0 Å². The number of thiophene rings is 1. The molecular weight excluding hydrogens is 399 g/mol. The number of hydrogen-bond acceptors (Lipinski definition) is 5. The molecule has 5 nitrogen and oxygen atoms in total. The predicted molar refractivity (Wildman–Crippen MR) is 115 cm³/mol. The second-order valence-electron chi connectivity index (χ2n) is 8.19. The molecule has 156 valence electrons. The highest BCUT2D eigenvalue weighted by Gasteiger charge is 2.28. The Labute approximate surface area is 179 Å². The molecule has 3 aromatic rings. The van der Waals surface area contributed by atoms with Crippen LogP contribution in [0.1, 0.15) is 52.7 Å². The molecule has 0 unspecified atom stereocenters. The molecule has 0 bridgehead atoms. The van der Waals surface area contributed by atoms with Gasteiger partial charge in [0.05, 0.1) is 0 Å². The summed E-state index contributed by atoms with van der Waals surface area (Å²) in [5.41, 5.74) is 1.85. The summed E-state index contributed by atoms with van der Waals surface area (Å²) >= 11 is 1.82. The smallest absolute Gasteiger partial charge is 0.165 e. The standard InChI is InChI=1S/C23H25FN4OS/c24-18-5-3-16(4-6-18)20(29)9-14-27-12-7-17(8-13-27)22-25-26-23-19-10-15-30-21(19)2-1-11-28(22)23/h3-6,10,15,17H,1-2,7-9,11-14H2. The lowest BCUT2D eigenvalue weighted by molar-refractivity contribution is 0.0955. The minimum Gasteiger partial charge on any atom is -0.311 e. The van der Waals surface area contributed by atoms with Gasteiger partial charge in [-0.05, 0) is 74.5 Å². The Bertz CT molecular complexity index is 1030. The highest BCUT2D eigenvalue weighted by atomic mass is 32.1. The van der Waals surface area contributed by atoms with E-state index in [2.05, 4.69) is 31.1 Å². The van der Waals surface area contributed by atoms with Crippen molar-refractivity contribution in [3.05, 3.63) is 57.8 Å². The van der Waals surface area contributed by atoms with Gasteiger partial charge in [0.1, 0.15) is 11.6 Å². The van der Waals surface area contributed by atoms with Crippen LogP contribution in [0, 0.1) is 5.82 Å². The summed E-state index contributed by atoms with van der Waals surface area (Å²) in [4.78, 5) is 16.1. The maximum absolute atomic E-state index is 13.0. The van der Waals surface area contributed by atoms with Crippen LogP contribution in [0.3, 0.4) is 0 Å². The number of piperidine rings is 1. The van der Waals surface area contributed by atoms with Crippen molar-refractivity contribution in [3.63, 3.8) is 0 Å². The first-order chi connectivity index (χ1) is 14.7. The van der Waals surface area contributed by atoms with Crippen LogP contribution >= 0.6 is 11.3 Å². The fraction of sp³-hybridized carbons (Fsp3) is 0.435. The number of rotatable bonds is 5. The minimum absolute atomic E-state index is 0.0754. The normalized spacial score (nSPS) is 17.4. The summed E-state index contributed by atoms with van der Waals surface area (Å²) in [6, 6.07) is 8.01. The van der Waals surface area contributed by atoms with E-state index in [0.717, 1.165) is 63.5 Å². The Morgan fingerprint density at radius 1 is 1.10 bits per heavy atom. The zero-order valence-corrected chi connectivity index (χ0v) is 17.7. The van der Waals surface area contributed by atoms with Gasteiger partial charge in [-0.1, -0.05) is 0 Å². The SMILES string of the molecule is O=C(CCN1CCC(c2nnc3n2CCCc2sccc2-3)CC1)c1ccc(F)cc1. The van der Waals surface area contributed by atoms with Gasteiger partial charge < -0.3 is 9.47 Å². The predicted octanol–water partition coefficient (Wildman–Crippen LogP) is 4.54. The van der Waals surface area contributed by atoms with E-state index < -0.39 is 0 Å². The summed E-state index contributed by atoms with van der Waals surface area (Å²) in [5.74, 6) is 2.36. The highest BCUT2D eigenvalue weighted by Crippen LogP contribution is 2.35. The van der Waals surface area contributed by atoms with Gasteiger partial charge in [0.2, 0.25) is 0 Å². The van der Waals surface area contributed by atoms with Crippen molar-refractivity contribution in [1.82, 2.24) is 19.7 Å². The Morgan fingerprint density at radius 2 is 1.90 bits per heavy atom. The van der Waals surface area contributed by atoms with E-state index in [1.54, 1.807) is 12.1 Å². The van der Waals surface area contributed by atoms with Crippen molar-refractivity contribution >= 4 is 17.1 Å². The fourth-order valence-electron chi connectivity index (χ4n) is 4.62. The Kier molecular flexibility index (Phi) is 5.48. The van der Waals surface area contributed by atoms with E-state index in [1.807, 2.05) is 11.3 Å². The van der Waals surface area contributed by atoms with E-state index >= 15 is 0 Å². The van der Waals surface area contributed by atoms with Crippen molar-refractivity contribution in [1.29, 1.82) is 0 Å². The second-order valence-corrected chi connectivity index (χ2v) is 9.19. The van der Waals surface area contributed by atoms with Gasteiger partial charge in [-0.25, -0.2) is 4.39 Å². The molecule has 7 heteroatoms. The zero-order valence-electron chi connectivity index (χ0n) is 16.9. The number of aryl methyl sites for hydroxylation is 1. The third-order valence-electron chi connectivity index (χ3n) is 6.33. The van der Waals surface area contributed by atoms with Crippen LogP contribution in [0.4, 0.5) is 4.39 Å². The zero-order chi connectivity index (χ0) is 20.5. The van der Waals surface area contributed by atoms with Gasteiger partial charge in [-0.2, -0.15) is 0 Å². The minimum atomic E-state index is -0.310. The number of likely N-dealkylation sites (tertiary alicyclic amines) is 1. The van der Waals surface area contributed by atoms with Gasteiger partial charge in [-0.15, -0.1) is 21.5 Å². The first kappa shape index (κ1) is 19.6. The maximum Gasteiger partial charge on any atom is 0.165 e. The molecule has 0 radical (unpaired) electrons. The molecule has 0 aliphatic carbocycles. The second kappa shape index (κ2) is 8.40. The molecular formula is C23H25FN4OS. The Hall–Kier alpha value is -2.38. The molecule has 1 aromatic carbocycles. The molecule has 0 atom stereocenters. The van der Waals surface area contributed by atoms with Crippen molar-refractivity contribution in [3.8, 4) is 11.4 Å². The average Bonchev–Trinajstić information content (AvgIpc) is 3.36. The number of halogens is 1. The molecule has 2 aliphatic rings. The number of carbonyl (C=O) groups is 1. The third kappa shape index (κ3) is 3.84. The Balaban J connectivity index is 1.19. The average molecular weight is 425 g/mol. The molecule has 2 aromatic heterocycles. The number of Topliss-reactive ketones (excluding diaryl/α,β-unsaturated/α-hetero) is 1. The lowest BCUT2D eigenvalue weighted by Gasteiger charge is -2.31. The number of benzene rings is 1. The third-order valence-corrected chi connectivity index (χ3v) is 7.31. The van der Waals surface area contributed by atoms with Crippen LogP contribution in [0.15, 0.2) is 35.7 Å². The summed E-state index contributed by atoms with van der Waals surface area (Å²) in [6.45, 7) is 3.67. The molecule has 1 fully saturated rings. The van der Waals surface area contributed by atoms with E-state index in [-0.39, 0.29) is 11.6 Å². The van der Waals surface area contributed by atoms with E-state index in [9.17, 15) is 9.18 Å². The summed E-state index contributed by atoms with van der Waals surface area (Å²) in [6.07, 6.45) is 4.81. The first-order valence-corrected chi connectivity index (χ1v) is 11.6. The number of fused-ring (bicyclic) bond motifs is 3. The number of nitrogens with zero attached hydrogens (tertiary/aromatic N) is 4. The Morgan fingerprint density at radius 3 is 2.70 bits per heavy atom. The van der Waals surface area contributed by atoms with Gasteiger partial charge in [0, 0.05) is 41.4 Å². The molecule has 0 N–H and O–H groups in total. The fourth-order valence-corrected chi connectivity index (χ4v) is 5.54. The van der Waals surface area contributed by atoms with Crippen LogP contribution in [0.5, 0.6) is 0 Å².